The molecule has 1 heterocycles. The lowest BCUT2D eigenvalue weighted by Gasteiger charge is -2.07. The zero-order valence-electron chi connectivity index (χ0n) is 10.0. The SMILES string of the molecule is COc1oc(=O)c2cc(NC(=O)CN)ccc2c1Cl. The van der Waals surface area contributed by atoms with Crippen molar-refractivity contribution in [3.8, 4) is 5.95 Å². The van der Waals surface area contributed by atoms with Crippen LogP contribution in [0.4, 0.5) is 5.69 Å². The molecule has 0 aliphatic heterocycles. The van der Waals surface area contributed by atoms with E-state index in [1.165, 1.54) is 13.2 Å². The van der Waals surface area contributed by atoms with Gasteiger partial charge in [0.2, 0.25) is 5.91 Å². The van der Waals surface area contributed by atoms with Crippen molar-refractivity contribution in [1.29, 1.82) is 0 Å². The number of anilines is 1. The van der Waals surface area contributed by atoms with Crippen LogP contribution in [0.15, 0.2) is 27.4 Å². The maximum atomic E-state index is 11.8. The highest BCUT2D eigenvalue weighted by atomic mass is 35.5. The highest BCUT2D eigenvalue weighted by Crippen LogP contribution is 2.31. The van der Waals surface area contributed by atoms with Gasteiger partial charge in [0.25, 0.3) is 0 Å². The van der Waals surface area contributed by atoms with Crippen LogP contribution < -0.4 is 21.4 Å². The molecule has 19 heavy (non-hydrogen) atoms. The third kappa shape index (κ3) is 2.54. The zero-order valence-corrected chi connectivity index (χ0v) is 10.8. The number of hydrogen-bond acceptors (Lipinski definition) is 5. The minimum Gasteiger partial charge on any atom is -0.467 e. The van der Waals surface area contributed by atoms with Crippen molar-refractivity contribution in [2.75, 3.05) is 19.0 Å². The van der Waals surface area contributed by atoms with E-state index in [1.807, 2.05) is 0 Å². The lowest BCUT2D eigenvalue weighted by atomic mass is 10.1. The molecule has 0 atom stereocenters. The molecule has 0 aliphatic carbocycles. The minimum absolute atomic E-state index is 0.0436. The van der Waals surface area contributed by atoms with Gasteiger partial charge >= 0.3 is 11.6 Å². The van der Waals surface area contributed by atoms with Gasteiger partial charge in [-0.05, 0) is 12.1 Å². The molecule has 2 aromatic rings. The van der Waals surface area contributed by atoms with Gasteiger partial charge in [-0.1, -0.05) is 17.7 Å². The second kappa shape index (κ2) is 5.29. The molecule has 0 aliphatic rings. The number of carbonyl (C=O) groups excluding carboxylic acids is 1. The zero-order chi connectivity index (χ0) is 14.0. The molecule has 100 valence electrons. The van der Waals surface area contributed by atoms with Gasteiger partial charge < -0.3 is 20.2 Å². The summed E-state index contributed by atoms with van der Waals surface area (Å²) in [5.74, 6) is -0.402. The van der Waals surface area contributed by atoms with E-state index in [4.69, 9.17) is 26.5 Å². The van der Waals surface area contributed by atoms with E-state index < -0.39 is 5.63 Å². The van der Waals surface area contributed by atoms with E-state index in [2.05, 4.69) is 5.32 Å². The number of methoxy groups -OCH3 is 1. The first-order valence-electron chi connectivity index (χ1n) is 5.37. The first-order valence-corrected chi connectivity index (χ1v) is 5.75. The molecule has 1 aromatic heterocycles. The molecule has 0 saturated carbocycles. The number of nitrogens with one attached hydrogen (secondary N) is 1. The van der Waals surface area contributed by atoms with Crippen LogP contribution in [0, 0.1) is 0 Å². The van der Waals surface area contributed by atoms with Crippen molar-refractivity contribution in [3.05, 3.63) is 33.6 Å². The van der Waals surface area contributed by atoms with Crippen LogP contribution in [0.2, 0.25) is 5.02 Å². The monoisotopic (exact) mass is 282 g/mol. The summed E-state index contributed by atoms with van der Waals surface area (Å²) in [6.45, 7) is -0.143. The van der Waals surface area contributed by atoms with Crippen molar-refractivity contribution in [2.45, 2.75) is 0 Å². The molecule has 1 aromatic carbocycles. The first-order chi connectivity index (χ1) is 9.06. The Morgan fingerprint density at radius 3 is 2.84 bits per heavy atom. The molecular formula is C12H11ClN2O4. The Labute approximate surface area is 113 Å². The Bertz CT molecular complexity index is 696. The number of benzene rings is 1. The van der Waals surface area contributed by atoms with Crippen molar-refractivity contribution in [2.24, 2.45) is 5.73 Å². The molecule has 1 amide bonds. The van der Waals surface area contributed by atoms with E-state index in [1.54, 1.807) is 12.1 Å². The maximum Gasteiger partial charge on any atom is 0.346 e. The number of ether oxygens (including phenoxy) is 1. The number of rotatable bonds is 3. The van der Waals surface area contributed by atoms with Crippen molar-refractivity contribution >= 4 is 34.0 Å². The van der Waals surface area contributed by atoms with Crippen LogP contribution in [0.5, 0.6) is 5.95 Å². The molecule has 0 fully saturated rings. The smallest absolute Gasteiger partial charge is 0.346 e. The second-order valence-corrected chi connectivity index (χ2v) is 4.09. The molecular weight excluding hydrogens is 272 g/mol. The lowest BCUT2D eigenvalue weighted by molar-refractivity contribution is -0.114. The lowest BCUT2D eigenvalue weighted by Crippen LogP contribution is -2.21. The van der Waals surface area contributed by atoms with E-state index >= 15 is 0 Å². The number of nitrogens with two attached hydrogens (primary N) is 1. The number of carbonyl (C=O) groups is 1. The van der Waals surface area contributed by atoms with Crippen molar-refractivity contribution < 1.29 is 13.9 Å². The minimum atomic E-state index is -0.597. The van der Waals surface area contributed by atoms with Crippen LogP contribution in [0.3, 0.4) is 0 Å². The molecule has 0 unspecified atom stereocenters. The van der Waals surface area contributed by atoms with Crippen LogP contribution in [0.25, 0.3) is 10.8 Å². The van der Waals surface area contributed by atoms with Crippen LogP contribution >= 0.6 is 11.6 Å². The summed E-state index contributed by atoms with van der Waals surface area (Å²) < 4.78 is 9.77. The average molecular weight is 283 g/mol. The largest absolute Gasteiger partial charge is 0.467 e. The van der Waals surface area contributed by atoms with E-state index in [0.717, 1.165) is 0 Å². The summed E-state index contributed by atoms with van der Waals surface area (Å²) in [4.78, 5) is 23.0. The average Bonchev–Trinajstić information content (AvgIpc) is 2.42. The van der Waals surface area contributed by atoms with Gasteiger partial charge in [-0.3, -0.25) is 4.79 Å². The summed E-state index contributed by atoms with van der Waals surface area (Å²) in [5.41, 5.74) is 5.04. The highest BCUT2D eigenvalue weighted by molar-refractivity contribution is 6.36. The second-order valence-electron chi connectivity index (χ2n) is 3.71. The van der Waals surface area contributed by atoms with Gasteiger partial charge in [0.05, 0.1) is 19.0 Å². The predicted octanol–water partition coefficient (Wildman–Crippen LogP) is 1.35. The quantitative estimate of drug-likeness (QED) is 0.886. The Balaban J connectivity index is 2.58. The van der Waals surface area contributed by atoms with Crippen molar-refractivity contribution in [1.82, 2.24) is 0 Å². The van der Waals surface area contributed by atoms with Gasteiger partial charge in [0.15, 0.2) is 0 Å². The summed E-state index contributed by atoms with van der Waals surface area (Å²) in [6.07, 6.45) is 0. The number of fused-ring (bicyclic) bond motifs is 1. The summed E-state index contributed by atoms with van der Waals surface area (Å²) in [6, 6.07) is 4.68. The summed E-state index contributed by atoms with van der Waals surface area (Å²) in [7, 11) is 1.35. The molecule has 7 heteroatoms. The summed E-state index contributed by atoms with van der Waals surface area (Å²) >= 11 is 6.03. The number of amides is 1. The highest BCUT2D eigenvalue weighted by Gasteiger charge is 2.13. The van der Waals surface area contributed by atoms with Crippen LogP contribution in [0.1, 0.15) is 0 Å². The normalized spacial score (nSPS) is 10.5. The van der Waals surface area contributed by atoms with Crippen LogP contribution in [-0.4, -0.2) is 19.6 Å². The fourth-order valence-electron chi connectivity index (χ4n) is 1.62. The molecule has 6 nitrogen and oxygen atoms in total. The molecule has 0 bridgehead atoms. The molecule has 0 spiro atoms. The summed E-state index contributed by atoms with van der Waals surface area (Å²) in [5, 5.41) is 3.48. The Kier molecular flexibility index (Phi) is 3.73. The maximum absolute atomic E-state index is 11.8. The Hall–Kier alpha value is -2.05. The van der Waals surface area contributed by atoms with E-state index in [9.17, 15) is 9.59 Å². The van der Waals surface area contributed by atoms with E-state index in [-0.39, 0.29) is 28.8 Å². The third-order valence-electron chi connectivity index (χ3n) is 2.50. The third-order valence-corrected chi connectivity index (χ3v) is 2.85. The standard InChI is InChI=1S/C12H11ClN2O4/c1-18-12-10(13)7-3-2-6(15-9(16)5-14)4-8(7)11(17)19-12/h2-4H,5,14H2,1H3,(H,15,16). The first kappa shape index (κ1) is 13.4. The number of hydrogen-bond donors (Lipinski definition) is 2. The fraction of sp³-hybridized carbons (Fsp3) is 0.167. The van der Waals surface area contributed by atoms with Gasteiger partial charge in [0, 0.05) is 11.1 Å². The van der Waals surface area contributed by atoms with Gasteiger partial charge in [0.1, 0.15) is 5.02 Å². The molecule has 0 saturated heterocycles. The van der Waals surface area contributed by atoms with Crippen molar-refractivity contribution in [3.63, 3.8) is 0 Å². The topological polar surface area (TPSA) is 94.6 Å². The van der Waals surface area contributed by atoms with E-state index in [0.29, 0.717) is 11.1 Å². The van der Waals surface area contributed by atoms with Crippen LogP contribution in [-0.2, 0) is 4.79 Å². The Morgan fingerprint density at radius 1 is 1.47 bits per heavy atom. The number of halogens is 1. The molecule has 3 N–H and O–H groups in total. The molecule has 2 rings (SSSR count). The van der Waals surface area contributed by atoms with Gasteiger partial charge in [-0.25, -0.2) is 4.79 Å². The molecule has 0 radical (unpaired) electrons. The van der Waals surface area contributed by atoms with Gasteiger partial charge in [-0.15, -0.1) is 0 Å². The predicted molar refractivity (Wildman–Crippen MR) is 71.7 cm³/mol. The Morgan fingerprint density at radius 2 is 2.21 bits per heavy atom. The van der Waals surface area contributed by atoms with Gasteiger partial charge in [-0.2, -0.15) is 0 Å². The fourth-order valence-corrected chi connectivity index (χ4v) is 1.90.